The van der Waals surface area contributed by atoms with Gasteiger partial charge in [0.1, 0.15) is 5.82 Å². The predicted octanol–water partition coefficient (Wildman–Crippen LogP) is 18.7. The van der Waals surface area contributed by atoms with E-state index in [0.717, 1.165) is 38.7 Å². The molecule has 0 amide bonds. The molecule has 0 spiro atoms. The third-order valence-electron chi connectivity index (χ3n) is 14.7. The molecule has 0 radical (unpaired) electrons. The van der Waals surface area contributed by atoms with E-state index in [0.29, 0.717) is 33.3 Å². The molecule has 8 aromatic carbocycles. The Bertz CT molecular complexity index is 4700. The van der Waals surface area contributed by atoms with E-state index in [-0.39, 0.29) is 88.0 Å². The second-order valence-electron chi connectivity index (χ2n) is 24.4. The van der Waals surface area contributed by atoms with Crippen LogP contribution in [0.15, 0.2) is 164 Å². The van der Waals surface area contributed by atoms with Crippen LogP contribution in [0.1, 0.15) is 141 Å². The summed E-state index contributed by atoms with van der Waals surface area (Å²) < 4.78 is 133. The zero-order valence-electron chi connectivity index (χ0n) is 60.7. The molecule has 0 aliphatic heterocycles. The van der Waals surface area contributed by atoms with Crippen molar-refractivity contribution in [3.8, 4) is 62.1 Å². The fraction of sp³-hybridized carbons (Fsp3) is 0.260. The van der Waals surface area contributed by atoms with Crippen LogP contribution in [-0.2, 0) is 42.7 Å². The largest absolute Gasteiger partial charge is 0.510 e. The number of rotatable bonds is 8. The number of para-hydroxylation sites is 1. The van der Waals surface area contributed by atoms with Gasteiger partial charge in [-0.25, -0.2) is 4.98 Å². The van der Waals surface area contributed by atoms with Gasteiger partial charge in [0.15, 0.2) is 0 Å². The van der Waals surface area contributed by atoms with Gasteiger partial charge in [0.2, 0.25) is 0 Å². The summed E-state index contributed by atoms with van der Waals surface area (Å²) in [6.07, 6.45) is 5.01. The summed E-state index contributed by atoms with van der Waals surface area (Å²) in [5.41, 5.74) is 8.66. The molecule has 11 rings (SSSR count). The second-order valence-corrected chi connectivity index (χ2v) is 24.4. The number of ether oxygens (including phenoxy) is 1. The summed E-state index contributed by atoms with van der Waals surface area (Å²) in [5.74, 6) is 0.684. The van der Waals surface area contributed by atoms with Crippen molar-refractivity contribution in [2.24, 2.45) is 0 Å². The minimum absolute atomic E-state index is 0. The fourth-order valence-corrected chi connectivity index (χ4v) is 10.3. The minimum atomic E-state index is -2.82. The monoisotopic (exact) mass is 1230 g/mol. The summed E-state index contributed by atoms with van der Waals surface area (Å²) in [7, 11) is 0. The van der Waals surface area contributed by atoms with Crippen molar-refractivity contribution in [2.45, 2.75) is 125 Å². The van der Waals surface area contributed by atoms with Crippen LogP contribution in [0.5, 0.6) is 11.5 Å². The Balaban J connectivity index is 0.00000946. The first-order valence-electron chi connectivity index (χ1n) is 33.4. The first-order valence-corrected chi connectivity index (χ1v) is 26.4. The van der Waals surface area contributed by atoms with Crippen LogP contribution in [0, 0.1) is 39.0 Å². The molecular formula is C73H72N4OPt-2. The Labute approximate surface area is 502 Å². The zero-order valence-corrected chi connectivity index (χ0v) is 49.0. The third kappa shape index (κ3) is 10.4. The van der Waals surface area contributed by atoms with E-state index in [1.807, 2.05) is 59.2 Å². The first kappa shape index (κ1) is 39.9. The Hall–Kier alpha value is -7.33. The normalized spacial score (nSPS) is 15.4. The number of benzene rings is 8. The van der Waals surface area contributed by atoms with E-state index in [1.165, 1.54) is 41.6 Å². The van der Waals surface area contributed by atoms with Crippen molar-refractivity contribution < 1.29 is 49.6 Å². The molecule has 0 fully saturated rings. The molecule has 0 bridgehead atoms. The summed E-state index contributed by atoms with van der Waals surface area (Å²) in [5, 5.41) is 1.53. The molecule has 0 saturated carbocycles. The number of hydrogen-bond acceptors (Lipinski definition) is 2. The van der Waals surface area contributed by atoms with Crippen molar-refractivity contribution in [1.29, 1.82) is 0 Å². The van der Waals surface area contributed by atoms with Gasteiger partial charge >= 0.3 is 0 Å². The Kier molecular flexibility index (Phi) is 10.3. The molecule has 3 heterocycles. The van der Waals surface area contributed by atoms with Crippen molar-refractivity contribution in [2.75, 3.05) is 0 Å². The Morgan fingerprint density at radius 1 is 0.544 bits per heavy atom. The van der Waals surface area contributed by atoms with Crippen molar-refractivity contribution >= 4 is 32.8 Å². The molecule has 5 nitrogen and oxygen atoms in total. The topological polar surface area (TPSA) is 35.9 Å². The summed E-state index contributed by atoms with van der Waals surface area (Å²) >= 11 is 0. The van der Waals surface area contributed by atoms with Gasteiger partial charge in [-0.2, -0.15) is 18.2 Å². The first-order chi connectivity index (χ1) is 42.6. The molecular weight excluding hydrogens is 1140 g/mol. The second kappa shape index (κ2) is 20.4. The van der Waals surface area contributed by atoms with Crippen molar-refractivity contribution in [3.05, 3.63) is 221 Å². The minimum Gasteiger partial charge on any atom is -0.510 e. The maximum Gasteiger partial charge on any atom is 0.268 e. The smallest absolute Gasteiger partial charge is 0.268 e. The number of imidazole rings is 1. The third-order valence-corrected chi connectivity index (χ3v) is 14.7. The summed E-state index contributed by atoms with van der Waals surface area (Å²) in [6.45, 7) is 18.4. The van der Waals surface area contributed by atoms with Crippen LogP contribution < -0.4 is 9.30 Å². The van der Waals surface area contributed by atoms with E-state index in [9.17, 15) is 0 Å². The maximum absolute atomic E-state index is 8.71. The van der Waals surface area contributed by atoms with Gasteiger partial charge in [-0.15, -0.1) is 29.7 Å². The van der Waals surface area contributed by atoms with Crippen LogP contribution in [0.2, 0.25) is 0 Å². The van der Waals surface area contributed by atoms with Crippen LogP contribution in [0.25, 0.3) is 83.4 Å². The standard InChI is InChI=1S/C73H72N4O.Pt/c1-46-23-21-24-47(2)68(46)50-31-34-64-66(38-50)75(45-76(64)69-60(40-54(72(10,11)12)41-62(69)73(13,14)15)51-36-52(70(4,5)6)39-53(37-51)71(7,8)9)55-27-22-28-56(42-55)78-57-32-33-59-58-29-19-20-30-63(58)77(65(59)43-57)67-35-48(3)61(44-74-67)49-25-17-16-18-26-49;/h16-41,44H,1-15H3;/q-2;/i1D3,2D3,3D3,16D,17D,18D,25D,26D;. The molecule has 3 aromatic heterocycles. The van der Waals surface area contributed by atoms with E-state index in [1.54, 1.807) is 22.8 Å². The SMILES string of the molecule is [2H]c1c([2H])c([2H])c(-c2cnc(-n3c4[c-]c(Oc5[c-]c(-n6[c-][n+](-c7c(-c8cc(C(C)(C)C)cc(C(C)(C)C)c8)cc(C(C)(C)C)cc7C(C)(C)C)c7ccc(-c8c(C([2H])([2H])[2H])cccc8C([2H])([2H])[2H])cc76)ccc5)ccc4c4ccccc43)cc2C([2H])([2H])[2H])c([2H])c1[2H].[Pt]. The maximum atomic E-state index is 8.71. The van der Waals surface area contributed by atoms with E-state index in [4.69, 9.17) is 28.9 Å². The summed E-state index contributed by atoms with van der Waals surface area (Å²) in [6, 6.07) is 43.3. The fourth-order valence-electron chi connectivity index (χ4n) is 10.3. The summed E-state index contributed by atoms with van der Waals surface area (Å²) in [4.78, 5) is 4.73. The molecule has 79 heavy (non-hydrogen) atoms. The zero-order chi connectivity index (χ0) is 67.1. The van der Waals surface area contributed by atoms with Gasteiger partial charge in [-0.1, -0.05) is 198 Å². The number of aromatic nitrogens is 4. The number of pyridine rings is 1. The molecule has 11 aromatic rings. The van der Waals surface area contributed by atoms with Crippen molar-refractivity contribution in [1.82, 2.24) is 14.1 Å². The van der Waals surface area contributed by atoms with Gasteiger partial charge in [0.25, 0.3) is 6.33 Å². The number of aryl methyl sites for hydroxylation is 3. The average Bonchev–Trinajstić information content (AvgIpc) is 1.69. The Morgan fingerprint density at radius 2 is 1.20 bits per heavy atom. The van der Waals surface area contributed by atoms with E-state index >= 15 is 0 Å². The number of hydrogen-bond donors (Lipinski definition) is 0. The quantitative estimate of drug-likeness (QED) is 0.112. The van der Waals surface area contributed by atoms with Crippen LogP contribution in [-0.4, -0.2) is 14.1 Å². The Morgan fingerprint density at radius 3 is 1.87 bits per heavy atom. The number of nitrogens with zero attached hydrogens (tertiary/aromatic N) is 4. The van der Waals surface area contributed by atoms with Gasteiger partial charge in [-0.3, -0.25) is 4.57 Å². The molecule has 6 heteroatoms. The molecule has 0 N–H and O–H groups in total. The number of fused-ring (bicyclic) bond motifs is 4. The van der Waals surface area contributed by atoms with Gasteiger partial charge in [0, 0.05) is 62.2 Å². The van der Waals surface area contributed by atoms with Crippen LogP contribution in [0.3, 0.4) is 0 Å². The molecule has 0 atom stereocenters. The van der Waals surface area contributed by atoms with Gasteiger partial charge in [0.05, 0.1) is 23.6 Å². The molecule has 0 aliphatic carbocycles. The van der Waals surface area contributed by atoms with E-state index < -0.39 is 56.2 Å². The molecule has 0 unspecified atom stereocenters. The van der Waals surface area contributed by atoms with Gasteiger partial charge in [-0.05, 0) is 138 Å². The van der Waals surface area contributed by atoms with Crippen molar-refractivity contribution in [3.63, 3.8) is 0 Å². The average molecular weight is 1230 g/mol. The van der Waals surface area contributed by atoms with Gasteiger partial charge < -0.3 is 13.9 Å². The van der Waals surface area contributed by atoms with E-state index in [2.05, 4.69) is 136 Å². The molecule has 0 saturated heterocycles. The van der Waals surface area contributed by atoms with Crippen LogP contribution in [0.4, 0.5) is 0 Å². The molecule has 402 valence electrons. The molecule has 0 aliphatic rings. The van der Waals surface area contributed by atoms with Crippen LogP contribution >= 0.6 is 0 Å². The predicted molar refractivity (Wildman–Crippen MR) is 325 cm³/mol.